The van der Waals surface area contributed by atoms with Gasteiger partial charge in [-0.3, -0.25) is 4.79 Å². The number of imidazole rings is 1. The van der Waals surface area contributed by atoms with Gasteiger partial charge in [0, 0.05) is 25.5 Å². The lowest BCUT2D eigenvalue weighted by Gasteiger charge is -2.14. The quantitative estimate of drug-likeness (QED) is 0.469. The van der Waals surface area contributed by atoms with Crippen molar-refractivity contribution < 1.29 is 9.53 Å². The molecule has 1 aliphatic rings. The molecule has 4 aromatic rings. The number of benzene rings is 2. The van der Waals surface area contributed by atoms with Crippen molar-refractivity contribution in [3.05, 3.63) is 84.8 Å². The molecule has 0 radical (unpaired) electrons. The zero-order valence-corrected chi connectivity index (χ0v) is 17.9. The number of nitrogens with one attached hydrogen (secondary N) is 1. The van der Waals surface area contributed by atoms with E-state index < -0.39 is 0 Å². The normalized spacial score (nSPS) is 14.0. The van der Waals surface area contributed by atoms with Crippen LogP contribution in [0.25, 0.3) is 16.8 Å². The van der Waals surface area contributed by atoms with E-state index in [1.165, 1.54) is 12.8 Å². The SMILES string of the molecule is O=C(NCCN1CCCC1)c1cn2cc(-c3ccc(Oc4ccccc4)cc3)ccc2n1. The van der Waals surface area contributed by atoms with Crippen LogP contribution in [0, 0.1) is 0 Å². The maximum atomic E-state index is 12.5. The van der Waals surface area contributed by atoms with E-state index in [4.69, 9.17) is 4.74 Å². The Bertz CT molecular complexity index is 1200. The molecule has 1 fully saturated rings. The van der Waals surface area contributed by atoms with Crippen LogP contribution in [0.2, 0.25) is 0 Å². The summed E-state index contributed by atoms with van der Waals surface area (Å²) >= 11 is 0. The molecule has 6 nitrogen and oxygen atoms in total. The van der Waals surface area contributed by atoms with Gasteiger partial charge in [-0.1, -0.05) is 30.3 Å². The fraction of sp³-hybridized carbons (Fsp3) is 0.231. The van der Waals surface area contributed by atoms with Crippen LogP contribution in [-0.2, 0) is 0 Å². The average molecular weight is 427 g/mol. The first-order chi connectivity index (χ1) is 15.7. The van der Waals surface area contributed by atoms with Crippen molar-refractivity contribution in [1.29, 1.82) is 0 Å². The Balaban J connectivity index is 1.25. The van der Waals surface area contributed by atoms with Gasteiger partial charge in [0.05, 0.1) is 0 Å². The van der Waals surface area contributed by atoms with E-state index in [-0.39, 0.29) is 5.91 Å². The molecule has 1 amide bonds. The largest absolute Gasteiger partial charge is 0.457 e. The van der Waals surface area contributed by atoms with Crippen molar-refractivity contribution in [2.75, 3.05) is 26.2 Å². The summed E-state index contributed by atoms with van der Waals surface area (Å²) in [7, 11) is 0. The number of ether oxygens (including phenoxy) is 1. The van der Waals surface area contributed by atoms with Crippen molar-refractivity contribution in [2.24, 2.45) is 0 Å². The second kappa shape index (κ2) is 9.24. The highest BCUT2D eigenvalue weighted by Crippen LogP contribution is 2.26. The highest BCUT2D eigenvalue weighted by Gasteiger charge is 2.14. The van der Waals surface area contributed by atoms with E-state index in [1.807, 2.05) is 77.3 Å². The molecule has 6 heteroatoms. The number of hydrogen-bond donors (Lipinski definition) is 1. The molecule has 162 valence electrons. The predicted octanol–water partition coefficient (Wildman–Crippen LogP) is 4.62. The van der Waals surface area contributed by atoms with Crippen molar-refractivity contribution in [2.45, 2.75) is 12.8 Å². The zero-order valence-electron chi connectivity index (χ0n) is 17.9. The van der Waals surface area contributed by atoms with Crippen LogP contribution in [0.4, 0.5) is 0 Å². The number of likely N-dealkylation sites (tertiary alicyclic amines) is 1. The van der Waals surface area contributed by atoms with Crippen molar-refractivity contribution >= 4 is 11.6 Å². The number of aromatic nitrogens is 2. The van der Waals surface area contributed by atoms with Gasteiger partial charge in [-0.05, 0) is 73.5 Å². The summed E-state index contributed by atoms with van der Waals surface area (Å²) in [5.74, 6) is 1.47. The first kappa shape index (κ1) is 20.3. The molecule has 0 bridgehead atoms. The lowest BCUT2D eigenvalue weighted by atomic mass is 10.1. The van der Waals surface area contributed by atoms with E-state index in [1.54, 1.807) is 6.20 Å². The number of para-hydroxylation sites is 1. The first-order valence-corrected chi connectivity index (χ1v) is 11.1. The molecule has 2 aromatic heterocycles. The summed E-state index contributed by atoms with van der Waals surface area (Å²) < 4.78 is 7.77. The maximum Gasteiger partial charge on any atom is 0.271 e. The molecule has 1 saturated heterocycles. The Kier molecular flexibility index (Phi) is 5.85. The molecular weight excluding hydrogens is 400 g/mol. The molecule has 32 heavy (non-hydrogen) atoms. The van der Waals surface area contributed by atoms with Crippen molar-refractivity contribution in [1.82, 2.24) is 19.6 Å². The highest BCUT2D eigenvalue weighted by molar-refractivity contribution is 5.92. The Morgan fingerprint density at radius 2 is 1.59 bits per heavy atom. The monoisotopic (exact) mass is 426 g/mol. The van der Waals surface area contributed by atoms with Gasteiger partial charge in [0.1, 0.15) is 22.8 Å². The van der Waals surface area contributed by atoms with E-state index in [9.17, 15) is 4.79 Å². The third-order valence-electron chi connectivity index (χ3n) is 5.76. The minimum Gasteiger partial charge on any atom is -0.457 e. The van der Waals surface area contributed by atoms with E-state index in [0.29, 0.717) is 12.2 Å². The molecule has 0 spiro atoms. The summed E-state index contributed by atoms with van der Waals surface area (Å²) in [6, 6.07) is 21.7. The molecule has 3 heterocycles. The molecule has 1 aliphatic heterocycles. The molecular formula is C26H26N4O2. The third kappa shape index (κ3) is 4.65. The van der Waals surface area contributed by atoms with Crippen LogP contribution in [-0.4, -0.2) is 46.4 Å². The maximum absolute atomic E-state index is 12.5. The third-order valence-corrected chi connectivity index (χ3v) is 5.76. The summed E-state index contributed by atoms with van der Waals surface area (Å²) in [5, 5.41) is 2.99. The topological polar surface area (TPSA) is 58.9 Å². The Morgan fingerprint density at radius 1 is 0.875 bits per heavy atom. The lowest BCUT2D eigenvalue weighted by molar-refractivity contribution is 0.0945. The number of pyridine rings is 1. The molecule has 0 saturated carbocycles. The first-order valence-electron chi connectivity index (χ1n) is 11.1. The molecule has 5 rings (SSSR count). The lowest BCUT2D eigenvalue weighted by Crippen LogP contribution is -2.33. The van der Waals surface area contributed by atoms with Crippen LogP contribution in [0.5, 0.6) is 11.5 Å². The molecule has 2 aromatic carbocycles. The smallest absolute Gasteiger partial charge is 0.271 e. The van der Waals surface area contributed by atoms with Gasteiger partial charge in [-0.2, -0.15) is 0 Å². The van der Waals surface area contributed by atoms with Crippen LogP contribution in [0.3, 0.4) is 0 Å². The van der Waals surface area contributed by atoms with E-state index in [2.05, 4.69) is 15.2 Å². The van der Waals surface area contributed by atoms with Crippen LogP contribution < -0.4 is 10.1 Å². The predicted molar refractivity (Wildman–Crippen MR) is 125 cm³/mol. The van der Waals surface area contributed by atoms with Crippen LogP contribution in [0.15, 0.2) is 79.1 Å². The summed E-state index contributed by atoms with van der Waals surface area (Å²) in [4.78, 5) is 19.4. The molecule has 0 atom stereocenters. The van der Waals surface area contributed by atoms with Crippen molar-refractivity contribution in [3.63, 3.8) is 0 Å². The number of carbonyl (C=O) groups is 1. The van der Waals surface area contributed by atoms with E-state index >= 15 is 0 Å². The van der Waals surface area contributed by atoms with E-state index in [0.717, 1.165) is 47.9 Å². The van der Waals surface area contributed by atoms with Gasteiger partial charge in [-0.25, -0.2) is 4.98 Å². The molecule has 0 unspecified atom stereocenters. The number of carbonyl (C=O) groups excluding carboxylic acids is 1. The number of fused-ring (bicyclic) bond motifs is 1. The van der Waals surface area contributed by atoms with Gasteiger partial charge in [-0.15, -0.1) is 0 Å². The van der Waals surface area contributed by atoms with Crippen molar-refractivity contribution in [3.8, 4) is 22.6 Å². The Hall–Kier alpha value is -3.64. The number of rotatable bonds is 7. The second-order valence-electron chi connectivity index (χ2n) is 8.05. The fourth-order valence-corrected chi connectivity index (χ4v) is 4.04. The summed E-state index contributed by atoms with van der Waals surface area (Å²) in [6.07, 6.45) is 6.30. The standard InChI is InChI=1S/C26H26N4O2/c31-26(27-14-17-29-15-4-5-16-29)24-19-30-18-21(10-13-25(30)28-24)20-8-11-23(12-9-20)32-22-6-2-1-3-7-22/h1-3,6-13,18-19H,4-5,14-17H2,(H,27,31). The molecule has 1 N–H and O–H groups in total. The van der Waals surface area contributed by atoms with Crippen LogP contribution in [0.1, 0.15) is 23.3 Å². The van der Waals surface area contributed by atoms with Gasteiger partial charge in [0.15, 0.2) is 0 Å². The molecule has 0 aliphatic carbocycles. The number of hydrogen-bond acceptors (Lipinski definition) is 4. The minimum absolute atomic E-state index is 0.128. The van der Waals surface area contributed by atoms with Crippen LogP contribution >= 0.6 is 0 Å². The number of nitrogens with zero attached hydrogens (tertiary/aromatic N) is 3. The fourth-order valence-electron chi connectivity index (χ4n) is 4.04. The Labute approximate surface area is 187 Å². The zero-order chi connectivity index (χ0) is 21.8. The van der Waals surface area contributed by atoms with Gasteiger partial charge in [0.2, 0.25) is 0 Å². The van der Waals surface area contributed by atoms with Gasteiger partial charge >= 0.3 is 0 Å². The highest BCUT2D eigenvalue weighted by atomic mass is 16.5. The minimum atomic E-state index is -0.128. The second-order valence-corrected chi connectivity index (χ2v) is 8.05. The summed E-state index contributed by atoms with van der Waals surface area (Å²) in [5.41, 5.74) is 3.30. The average Bonchev–Trinajstić information content (AvgIpc) is 3.50. The summed E-state index contributed by atoms with van der Waals surface area (Å²) in [6.45, 7) is 3.81. The van der Waals surface area contributed by atoms with Gasteiger partial charge < -0.3 is 19.4 Å². The Morgan fingerprint density at radius 3 is 2.38 bits per heavy atom. The number of amides is 1. The van der Waals surface area contributed by atoms with Gasteiger partial charge in [0.25, 0.3) is 5.91 Å².